The highest BCUT2D eigenvalue weighted by Crippen LogP contribution is 2.24. The second-order valence-electron chi connectivity index (χ2n) is 4.34. The Morgan fingerprint density at radius 3 is 2.80 bits per heavy atom. The van der Waals surface area contributed by atoms with E-state index in [0.29, 0.717) is 5.92 Å². The first-order valence-electron chi connectivity index (χ1n) is 5.20. The lowest BCUT2D eigenvalue weighted by Crippen LogP contribution is -2.28. The quantitative estimate of drug-likeness (QED) is 0.848. The van der Waals surface area contributed by atoms with Crippen LogP contribution in [-0.2, 0) is 0 Å². The number of hydrogen-bond acceptors (Lipinski definition) is 3. The number of nitrogens with two attached hydrogens (primary N) is 1. The Hall–Kier alpha value is -0.610. The molecule has 2 N–H and O–H groups in total. The first-order chi connectivity index (χ1) is 7.08. The number of aromatic nitrogens is 1. The van der Waals surface area contributed by atoms with E-state index in [9.17, 15) is 0 Å². The van der Waals surface area contributed by atoms with Crippen LogP contribution in [-0.4, -0.2) is 24.1 Å². The Morgan fingerprint density at radius 1 is 1.53 bits per heavy atom. The Kier molecular flexibility index (Phi) is 2.98. The lowest BCUT2D eigenvalue weighted by atomic mass is 10.1. The van der Waals surface area contributed by atoms with Gasteiger partial charge in [0.15, 0.2) is 0 Å². The molecule has 1 fully saturated rings. The number of halogens is 1. The van der Waals surface area contributed by atoms with Crippen molar-refractivity contribution in [3.05, 3.63) is 22.3 Å². The van der Waals surface area contributed by atoms with Gasteiger partial charge in [-0.15, -0.1) is 0 Å². The highest BCUT2D eigenvalue weighted by atomic mass is 79.9. The molecule has 0 amide bonds. The van der Waals surface area contributed by atoms with Gasteiger partial charge in [-0.25, -0.2) is 4.98 Å². The van der Waals surface area contributed by atoms with Crippen LogP contribution in [0.25, 0.3) is 0 Å². The van der Waals surface area contributed by atoms with Crippen molar-refractivity contribution >= 4 is 21.7 Å². The molecule has 0 bridgehead atoms. The van der Waals surface area contributed by atoms with Crippen molar-refractivity contribution in [2.45, 2.75) is 19.9 Å². The predicted octanol–water partition coefficient (Wildman–Crippen LogP) is 1.94. The summed E-state index contributed by atoms with van der Waals surface area (Å²) in [6.45, 7) is 6.19. The van der Waals surface area contributed by atoms with Crippen LogP contribution < -0.4 is 10.6 Å². The average Bonchev–Trinajstić information content (AvgIpc) is 2.52. The molecule has 82 valence electrons. The van der Waals surface area contributed by atoms with Crippen molar-refractivity contribution in [3.63, 3.8) is 0 Å². The molecule has 0 aromatic carbocycles. The van der Waals surface area contributed by atoms with E-state index < -0.39 is 0 Å². The van der Waals surface area contributed by atoms with Crippen LogP contribution in [0.4, 0.5) is 5.82 Å². The number of anilines is 1. The van der Waals surface area contributed by atoms with Crippen molar-refractivity contribution in [3.8, 4) is 0 Å². The lowest BCUT2D eigenvalue weighted by molar-refractivity contribution is 0.566. The average molecular weight is 270 g/mol. The number of rotatable bonds is 1. The van der Waals surface area contributed by atoms with Crippen LogP contribution in [0.5, 0.6) is 0 Å². The van der Waals surface area contributed by atoms with Crippen molar-refractivity contribution in [1.82, 2.24) is 4.98 Å². The first kappa shape index (κ1) is 10.9. The van der Waals surface area contributed by atoms with Gasteiger partial charge in [0.1, 0.15) is 5.82 Å². The summed E-state index contributed by atoms with van der Waals surface area (Å²) in [7, 11) is 0. The van der Waals surface area contributed by atoms with Gasteiger partial charge in [0.05, 0.1) is 0 Å². The summed E-state index contributed by atoms with van der Waals surface area (Å²) in [6.07, 6.45) is 1.86. The standard InChI is InChI=1S/C11H16BrN3/c1-7-3-11(14-4-9(7)12)15-5-8(2)10(13)6-15/h3-4,8,10H,5-6,13H2,1-2H3. The predicted molar refractivity (Wildman–Crippen MR) is 66.0 cm³/mol. The van der Waals surface area contributed by atoms with Gasteiger partial charge >= 0.3 is 0 Å². The Balaban J connectivity index is 2.20. The van der Waals surface area contributed by atoms with Gasteiger partial charge in [0, 0.05) is 29.8 Å². The summed E-state index contributed by atoms with van der Waals surface area (Å²) in [4.78, 5) is 6.67. The molecule has 1 aromatic heterocycles. The number of hydrogen-bond donors (Lipinski definition) is 1. The molecule has 2 atom stereocenters. The molecule has 1 aliphatic rings. The monoisotopic (exact) mass is 269 g/mol. The Bertz CT molecular complexity index is 357. The van der Waals surface area contributed by atoms with E-state index in [1.807, 2.05) is 6.20 Å². The third kappa shape index (κ3) is 2.16. The van der Waals surface area contributed by atoms with Crippen LogP contribution in [0.1, 0.15) is 12.5 Å². The number of nitrogens with zero attached hydrogens (tertiary/aromatic N) is 2. The molecule has 1 saturated heterocycles. The fourth-order valence-corrected chi connectivity index (χ4v) is 2.09. The lowest BCUT2D eigenvalue weighted by Gasteiger charge is -2.17. The minimum atomic E-state index is 0.274. The summed E-state index contributed by atoms with van der Waals surface area (Å²) in [5.74, 6) is 1.59. The first-order valence-corrected chi connectivity index (χ1v) is 6.00. The maximum absolute atomic E-state index is 6.00. The fraction of sp³-hybridized carbons (Fsp3) is 0.545. The van der Waals surface area contributed by atoms with Crippen molar-refractivity contribution in [2.24, 2.45) is 11.7 Å². The summed E-state index contributed by atoms with van der Waals surface area (Å²) in [5, 5.41) is 0. The zero-order chi connectivity index (χ0) is 11.0. The largest absolute Gasteiger partial charge is 0.355 e. The molecule has 1 aromatic rings. The molecule has 2 unspecified atom stereocenters. The van der Waals surface area contributed by atoms with Gasteiger partial charge in [0.2, 0.25) is 0 Å². The third-order valence-corrected chi connectivity index (χ3v) is 3.86. The van der Waals surface area contributed by atoms with Gasteiger partial charge in [-0.2, -0.15) is 0 Å². The van der Waals surface area contributed by atoms with E-state index in [1.165, 1.54) is 5.56 Å². The van der Waals surface area contributed by atoms with Gasteiger partial charge in [0.25, 0.3) is 0 Å². The van der Waals surface area contributed by atoms with E-state index in [4.69, 9.17) is 5.73 Å². The maximum Gasteiger partial charge on any atom is 0.128 e. The second-order valence-corrected chi connectivity index (χ2v) is 5.19. The van der Waals surface area contributed by atoms with Crippen LogP contribution in [0, 0.1) is 12.8 Å². The molecule has 0 saturated carbocycles. The maximum atomic E-state index is 6.00. The van der Waals surface area contributed by atoms with Crippen molar-refractivity contribution in [1.29, 1.82) is 0 Å². The second kappa shape index (κ2) is 4.10. The fourth-order valence-electron chi connectivity index (χ4n) is 1.88. The zero-order valence-electron chi connectivity index (χ0n) is 9.07. The normalized spacial score (nSPS) is 26.0. The minimum Gasteiger partial charge on any atom is -0.355 e. The molecule has 2 heterocycles. The van der Waals surface area contributed by atoms with E-state index in [2.05, 4.69) is 45.7 Å². The minimum absolute atomic E-state index is 0.274. The van der Waals surface area contributed by atoms with Crippen LogP contribution >= 0.6 is 15.9 Å². The van der Waals surface area contributed by atoms with Gasteiger partial charge in [-0.1, -0.05) is 6.92 Å². The number of pyridine rings is 1. The summed E-state index contributed by atoms with van der Waals surface area (Å²) in [6, 6.07) is 2.38. The van der Waals surface area contributed by atoms with E-state index >= 15 is 0 Å². The van der Waals surface area contributed by atoms with Gasteiger partial charge in [-0.3, -0.25) is 0 Å². The van der Waals surface area contributed by atoms with Gasteiger partial charge < -0.3 is 10.6 Å². The Morgan fingerprint density at radius 2 is 2.27 bits per heavy atom. The Labute approximate surface area is 98.8 Å². The van der Waals surface area contributed by atoms with Crippen LogP contribution in [0.2, 0.25) is 0 Å². The molecule has 0 aliphatic carbocycles. The molecular weight excluding hydrogens is 254 g/mol. The van der Waals surface area contributed by atoms with E-state index in [0.717, 1.165) is 23.4 Å². The highest BCUT2D eigenvalue weighted by molar-refractivity contribution is 9.10. The van der Waals surface area contributed by atoms with E-state index in [-0.39, 0.29) is 6.04 Å². The molecule has 3 nitrogen and oxygen atoms in total. The summed E-state index contributed by atoms with van der Waals surface area (Å²) in [5.41, 5.74) is 7.21. The van der Waals surface area contributed by atoms with Crippen molar-refractivity contribution in [2.75, 3.05) is 18.0 Å². The van der Waals surface area contributed by atoms with E-state index in [1.54, 1.807) is 0 Å². The molecule has 2 rings (SSSR count). The molecular formula is C11H16BrN3. The van der Waals surface area contributed by atoms with Crippen LogP contribution in [0.15, 0.2) is 16.7 Å². The topological polar surface area (TPSA) is 42.1 Å². The molecule has 0 radical (unpaired) electrons. The molecule has 1 aliphatic heterocycles. The van der Waals surface area contributed by atoms with Gasteiger partial charge in [-0.05, 0) is 40.4 Å². The SMILES string of the molecule is Cc1cc(N2CC(C)C(N)C2)ncc1Br. The molecule has 4 heteroatoms. The number of aryl methyl sites for hydroxylation is 1. The summed E-state index contributed by atoms with van der Waals surface area (Å²) >= 11 is 3.46. The zero-order valence-corrected chi connectivity index (χ0v) is 10.7. The molecule has 0 spiro atoms. The molecule has 15 heavy (non-hydrogen) atoms. The highest BCUT2D eigenvalue weighted by Gasteiger charge is 2.27. The van der Waals surface area contributed by atoms with Crippen LogP contribution in [0.3, 0.4) is 0 Å². The van der Waals surface area contributed by atoms with Crippen molar-refractivity contribution < 1.29 is 0 Å². The summed E-state index contributed by atoms with van der Waals surface area (Å²) < 4.78 is 1.06. The smallest absolute Gasteiger partial charge is 0.128 e. The third-order valence-electron chi connectivity index (χ3n) is 3.03.